The summed E-state index contributed by atoms with van der Waals surface area (Å²) in [7, 11) is 2.91. The van der Waals surface area contributed by atoms with Crippen LogP contribution in [0.2, 0.25) is 0 Å². The number of ether oxygens (including phenoxy) is 3. The molecule has 0 saturated carbocycles. The van der Waals surface area contributed by atoms with Gasteiger partial charge in [0.1, 0.15) is 17.9 Å². The van der Waals surface area contributed by atoms with E-state index in [0.29, 0.717) is 17.9 Å². The third kappa shape index (κ3) is 4.00. The van der Waals surface area contributed by atoms with Gasteiger partial charge in [-0.05, 0) is 37.1 Å². The van der Waals surface area contributed by atoms with Crippen LogP contribution in [0.5, 0.6) is 5.75 Å². The first-order valence-corrected chi connectivity index (χ1v) is 7.89. The molecule has 0 spiro atoms. The largest absolute Gasteiger partial charge is 0.489 e. The molecular weight excluding hydrogens is 324 g/mol. The molecule has 1 aromatic rings. The van der Waals surface area contributed by atoms with Crippen molar-refractivity contribution < 1.29 is 23.8 Å². The van der Waals surface area contributed by atoms with Crippen LogP contribution in [0.1, 0.15) is 19.4 Å². The van der Waals surface area contributed by atoms with Crippen molar-refractivity contribution in [1.82, 2.24) is 10.2 Å². The molecule has 1 aliphatic rings. The second-order valence-electron chi connectivity index (χ2n) is 6.14. The molecule has 1 atom stereocenters. The van der Waals surface area contributed by atoms with E-state index in [-0.39, 0.29) is 12.5 Å². The molecule has 7 nitrogen and oxygen atoms in total. The summed E-state index contributed by atoms with van der Waals surface area (Å²) in [6.07, 6.45) is -0.671. The van der Waals surface area contributed by atoms with Gasteiger partial charge in [-0.2, -0.15) is 0 Å². The van der Waals surface area contributed by atoms with Crippen molar-refractivity contribution in [1.29, 1.82) is 0 Å². The maximum atomic E-state index is 12.8. The van der Waals surface area contributed by atoms with Gasteiger partial charge in [-0.1, -0.05) is 18.7 Å². The molecule has 0 aliphatic carbocycles. The van der Waals surface area contributed by atoms with E-state index in [2.05, 4.69) is 11.9 Å². The van der Waals surface area contributed by atoms with E-state index >= 15 is 0 Å². The monoisotopic (exact) mass is 348 g/mol. The Bertz CT molecular complexity index is 654. The number of carbonyl (C=O) groups is 2. The second kappa shape index (κ2) is 7.67. The number of hydrogen-bond donors (Lipinski definition) is 1. The number of nitrogens with zero attached hydrogens (tertiary/aromatic N) is 1. The van der Waals surface area contributed by atoms with Crippen molar-refractivity contribution in [3.8, 4) is 5.75 Å². The first-order chi connectivity index (χ1) is 11.8. The molecule has 1 heterocycles. The molecule has 3 amide bonds. The minimum atomic E-state index is -1.14. The van der Waals surface area contributed by atoms with Crippen molar-refractivity contribution in [2.24, 2.45) is 0 Å². The van der Waals surface area contributed by atoms with Crippen LogP contribution >= 0.6 is 0 Å². The van der Waals surface area contributed by atoms with Gasteiger partial charge in [0, 0.05) is 14.2 Å². The first-order valence-electron chi connectivity index (χ1n) is 7.89. The molecule has 0 bridgehead atoms. The second-order valence-corrected chi connectivity index (χ2v) is 6.14. The van der Waals surface area contributed by atoms with Crippen LogP contribution in [0.15, 0.2) is 36.4 Å². The van der Waals surface area contributed by atoms with Crippen molar-refractivity contribution in [3.05, 3.63) is 42.0 Å². The molecule has 25 heavy (non-hydrogen) atoms. The molecular formula is C18H24N2O5. The predicted molar refractivity (Wildman–Crippen MR) is 92.2 cm³/mol. The number of amides is 3. The minimum Gasteiger partial charge on any atom is -0.489 e. The summed E-state index contributed by atoms with van der Waals surface area (Å²) < 4.78 is 15.7. The maximum Gasteiger partial charge on any atom is 0.325 e. The van der Waals surface area contributed by atoms with Crippen LogP contribution in [0.3, 0.4) is 0 Å². The zero-order valence-electron chi connectivity index (χ0n) is 15.0. The summed E-state index contributed by atoms with van der Waals surface area (Å²) in [6.45, 7) is 7.78. The summed E-state index contributed by atoms with van der Waals surface area (Å²) in [4.78, 5) is 26.1. The Hall–Kier alpha value is -2.38. The van der Waals surface area contributed by atoms with Gasteiger partial charge in [-0.3, -0.25) is 9.69 Å². The summed E-state index contributed by atoms with van der Waals surface area (Å²) in [5, 5.41) is 2.74. The summed E-state index contributed by atoms with van der Waals surface area (Å²) in [6, 6.07) is 6.57. The van der Waals surface area contributed by atoms with Gasteiger partial charge in [0.15, 0.2) is 6.29 Å². The third-order valence-electron chi connectivity index (χ3n) is 4.05. The Morgan fingerprint density at radius 2 is 1.84 bits per heavy atom. The van der Waals surface area contributed by atoms with Crippen LogP contribution in [0.4, 0.5) is 4.79 Å². The number of benzene rings is 1. The Morgan fingerprint density at radius 3 is 2.36 bits per heavy atom. The lowest BCUT2D eigenvalue weighted by molar-refractivity contribution is -0.141. The van der Waals surface area contributed by atoms with E-state index in [1.54, 1.807) is 31.2 Å². The lowest BCUT2D eigenvalue weighted by atomic mass is 9.92. The Labute approximate surface area is 147 Å². The van der Waals surface area contributed by atoms with E-state index < -0.39 is 17.9 Å². The van der Waals surface area contributed by atoms with E-state index in [9.17, 15) is 9.59 Å². The number of carbonyl (C=O) groups excluding carboxylic acids is 2. The van der Waals surface area contributed by atoms with Gasteiger partial charge >= 0.3 is 6.03 Å². The fourth-order valence-electron chi connectivity index (χ4n) is 2.54. The molecule has 1 aliphatic heterocycles. The average Bonchev–Trinajstić information content (AvgIpc) is 2.81. The number of hydrogen-bond acceptors (Lipinski definition) is 5. The van der Waals surface area contributed by atoms with E-state index in [4.69, 9.17) is 14.2 Å². The lowest BCUT2D eigenvalue weighted by Crippen LogP contribution is -2.42. The molecule has 1 fully saturated rings. The maximum absolute atomic E-state index is 12.8. The van der Waals surface area contributed by atoms with Crippen LogP contribution in [0.25, 0.3) is 0 Å². The van der Waals surface area contributed by atoms with Crippen molar-refractivity contribution in [3.63, 3.8) is 0 Å². The zero-order valence-corrected chi connectivity index (χ0v) is 15.0. The quantitative estimate of drug-likeness (QED) is 0.442. The Kier molecular flexibility index (Phi) is 5.81. The van der Waals surface area contributed by atoms with Crippen LogP contribution < -0.4 is 10.1 Å². The fourth-order valence-corrected chi connectivity index (χ4v) is 2.54. The topological polar surface area (TPSA) is 77.1 Å². The van der Waals surface area contributed by atoms with Gasteiger partial charge in [0.25, 0.3) is 5.91 Å². The molecule has 0 aromatic heterocycles. The summed E-state index contributed by atoms with van der Waals surface area (Å²) in [5.41, 5.74) is 0.439. The number of nitrogens with one attached hydrogen (secondary N) is 1. The molecule has 1 saturated heterocycles. The van der Waals surface area contributed by atoms with E-state index in [0.717, 1.165) is 10.5 Å². The summed E-state index contributed by atoms with van der Waals surface area (Å²) >= 11 is 0. The number of methoxy groups -OCH3 is 2. The SMILES string of the molecule is C=C(C)COc1ccc(C2(C)NC(=O)N(CC(OC)OC)C2=O)cc1. The number of urea groups is 1. The van der Waals surface area contributed by atoms with Gasteiger partial charge in [-0.25, -0.2) is 4.79 Å². The summed E-state index contributed by atoms with van der Waals surface area (Å²) in [5.74, 6) is 0.315. The standard InChI is InChI=1S/C18H24N2O5/c1-12(2)11-25-14-8-6-13(7-9-14)18(3)16(21)20(17(22)19-18)10-15(23-4)24-5/h6-9,15H,1,10-11H2,2-5H3,(H,19,22). The smallest absolute Gasteiger partial charge is 0.325 e. The highest BCUT2D eigenvalue weighted by atomic mass is 16.7. The number of imide groups is 1. The van der Waals surface area contributed by atoms with Crippen molar-refractivity contribution >= 4 is 11.9 Å². The molecule has 1 unspecified atom stereocenters. The highest BCUT2D eigenvalue weighted by Gasteiger charge is 2.49. The first kappa shape index (κ1) is 19.0. The molecule has 7 heteroatoms. The predicted octanol–water partition coefficient (Wildman–Crippen LogP) is 2.03. The number of rotatable bonds is 8. The Morgan fingerprint density at radius 1 is 1.24 bits per heavy atom. The normalized spacial score (nSPS) is 20.1. The highest BCUT2D eigenvalue weighted by molar-refractivity contribution is 6.07. The van der Waals surface area contributed by atoms with Crippen LogP contribution in [-0.4, -0.2) is 50.5 Å². The highest BCUT2D eigenvalue weighted by Crippen LogP contribution is 2.30. The van der Waals surface area contributed by atoms with Gasteiger partial charge in [-0.15, -0.1) is 0 Å². The zero-order chi connectivity index (χ0) is 18.6. The van der Waals surface area contributed by atoms with Gasteiger partial charge < -0.3 is 19.5 Å². The van der Waals surface area contributed by atoms with Crippen molar-refractivity contribution in [2.75, 3.05) is 27.4 Å². The van der Waals surface area contributed by atoms with E-state index in [1.807, 2.05) is 6.92 Å². The Balaban J connectivity index is 2.16. The van der Waals surface area contributed by atoms with Crippen LogP contribution in [-0.2, 0) is 19.8 Å². The third-order valence-corrected chi connectivity index (χ3v) is 4.05. The molecule has 0 radical (unpaired) electrons. The van der Waals surface area contributed by atoms with Gasteiger partial charge in [0.05, 0.1) is 6.54 Å². The van der Waals surface area contributed by atoms with E-state index in [1.165, 1.54) is 14.2 Å². The lowest BCUT2D eigenvalue weighted by Gasteiger charge is -2.23. The van der Waals surface area contributed by atoms with Crippen LogP contribution in [0, 0.1) is 0 Å². The van der Waals surface area contributed by atoms with Crippen molar-refractivity contribution in [2.45, 2.75) is 25.7 Å². The fraction of sp³-hybridized carbons (Fsp3) is 0.444. The molecule has 2 rings (SSSR count). The van der Waals surface area contributed by atoms with Gasteiger partial charge in [0.2, 0.25) is 0 Å². The molecule has 1 aromatic carbocycles. The average molecular weight is 348 g/mol. The molecule has 136 valence electrons. The molecule has 1 N–H and O–H groups in total. The minimum absolute atomic E-state index is 0.0209.